The van der Waals surface area contributed by atoms with Crippen molar-refractivity contribution < 1.29 is 14.6 Å². The number of carboxylic acids is 1. The Balaban J connectivity index is 2.84. The Hall–Kier alpha value is -1.62. The van der Waals surface area contributed by atoms with Gasteiger partial charge in [-0.2, -0.15) is 4.73 Å². The van der Waals surface area contributed by atoms with E-state index in [1.54, 1.807) is 19.1 Å². The monoisotopic (exact) mass is 281 g/mol. The molecular weight excluding hydrogens is 274 g/mol. The maximum Gasteiger partial charge on any atom is 0.336 e. The summed E-state index contributed by atoms with van der Waals surface area (Å²) in [5.41, 5.74) is 1.18. The Kier molecular flexibility index (Phi) is 2.55. The quantitative estimate of drug-likeness (QED) is 0.644. The van der Waals surface area contributed by atoms with E-state index < -0.39 is 5.97 Å². The number of carboxylic acid groups (broad SMARTS) is 1. The van der Waals surface area contributed by atoms with Gasteiger partial charge in [0.2, 0.25) is 5.52 Å². The van der Waals surface area contributed by atoms with Crippen molar-refractivity contribution in [1.82, 2.24) is 0 Å². The molecule has 4 nitrogen and oxygen atoms in total. The lowest BCUT2D eigenvalue weighted by Crippen LogP contribution is -2.30. The minimum Gasteiger partial charge on any atom is -0.618 e. The van der Waals surface area contributed by atoms with Crippen molar-refractivity contribution in [2.75, 3.05) is 0 Å². The number of carbonyl (C=O) groups is 1. The molecule has 0 aliphatic rings. The molecule has 1 aromatic heterocycles. The van der Waals surface area contributed by atoms with Crippen LogP contribution in [0.25, 0.3) is 10.9 Å². The van der Waals surface area contributed by atoms with Crippen LogP contribution in [0.15, 0.2) is 28.7 Å². The summed E-state index contributed by atoms with van der Waals surface area (Å²) >= 11 is 3.14. The van der Waals surface area contributed by atoms with Crippen LogP contribution in [0.2, 0.25) is 0 Å². The zero-order valence-corrected chi connectivity index (χ0v) is 9.98. The Morgan fingerprint density at radius 1 is 1.44 bits per heavy atom. The molecule has 0 bridgehead atoms. The SMILES string of the molecule is Cc1ccc2cc(C(=O)O)c(Br)cc2[n+]1[O-]. The second kappa shape index (κ2) is 3.75. The summed E-state index contributed by atoms with van der Waals surface area (Å²) in [6.45, 7) is 1.70. The number of aryl methyl sites for hydroxylation is 1. The Labute approximate surface area is 99.8 Å². The summed E-state index contributed by atoms with van der Waals surface area (Å²) in [4.78, 5) is 10.9. The maximum absolute atomic E-state index is 11.7. The second-order valence-corrected chi connectivity index (χ2v) is 4.32. The molecule has 0 aliphatic heterocycles. The molecule has 16 heavy (non-hydrogen) atoms. The zero-order chi connectivity index (χ0) is 11.9. The fourth-order valence-corrected chi connectivity index (χ4v) is 2.02. The van der Waals surface area contributed by atoms with Gasteiger partial charge in [-0.25, -0.2) is 4.79 Å². The molecule has 82 valence electrons. The van der Waals surface area contributed by atoms with Gasteiger partial charge >= 0.3 is 5.97 Å². The molecule has 0 unspecified atom stereocenters. The van der Waals surface area contributed by atoms with Crippen LogP contribution in [-0.4, -0.2) is 11.1 Å². The van der Waals surface area contributed by atoms with E-state index in [4.69, 9.17) is 5.11 Å². The Morgan fingerprint density at radius 3 is 2.75 bits per heavy atom. The van der Waals surface area contributed by atoms with E-state index in [9.17, 15) is 10.0 Å². The molecule has 0 saturated heterocycles. The van der Waals surface area contributed by atoms with Crippen LogP contribution in [0.1, 0.15) is 16.1 Å². The summed E-state index contributed by atoms with van der Waals surface area (Å²) in [5.74, 6) is -1.02. The number of nitrogens with zero attached hydrogens (tertiary/aromatic N) is 1. The first kappa shape index (κ1) is 10.9. The number of rotatable bonds is 1. The van der Waals surface area contributed by atoms with Crippen molar-refractivity contribution in [3.63, 3.8) is 0 Å². The lowest BCUT2D eigenvalue weighted by atomic mass is 10.1. The maximum atomic E-state index is 11.7. The molecule has 0 amide bonds. The molecule has 0 fully saturated rings. The summed E-state index contributed by atoms with van der Waals surface area (Å²) in [7, 11) is 0. The third-order valence-electron chi connectivity index (χ3n) is 2.39. The molecular formula is C11H8BrNO3. The van der Waals surface area contributed by atoms with Crippen molar-refractivity contribution in [2.45, 2.75) is 6.92 Å². The fraction of sp³-hybridized carbons (Fsp3) is 0.0909. The predicted octanol–water partition coefficient (Wildman–Crippen LogP) is 2.24. The number of halogens is 1. The highest BCUT2D eigenvalue weighted by Gasteiger charge is 2.14. The van der Waals surface area contributed by atoms with Crippen LogP contribution in [-0.2, 0) is 0 Å². The first-order valence-corrected chi connectivity index (χ1v) is 5.35. The van der Waals surface area contributed by atoms with Crippen LogP contribution >= 0.6 is 15.9 Å². The standard InChI is InChI=1S/C11H8BrNO3/c1-6-2-3-7-4-8(11(14)15)9(12)5-10(7)13(6)16/h2-5H,1H3,(H,14,15). The summed E-state index contributed by atoms with van der Waals surface area (Å²) in [6.07, 6.45) is 0. The van der Waals surface area contributed by atoms with Gasteiger partial charge in [0.1, 0.15) is 0 Å². The molecule has 1 heterocycles. The van der Waals surface area contributed by atoms with Gasteiger partial charge in [-0.15, -0.1) is 0 Å². The van der Waals surface area contributed by atoms with Gasteiger partial charge in [0, 0.05) is 28.9 Å². The minimum atomic E-state index is -1.02. The van der Waals surface area contributed by atoms with Crippen LogP contribution in [0.3, 0.4) is 0 Å². The van der Waals surface area contributed by atoms with Gasteiger partial charge < -0.3 is 10.3 Å². The third-order valence-corrected chi connectivity index (χ3v) is 3.05. The second-order valence-electron chi connectivity index (χ2n) is 3.47. The third kappa shape index (κ3) is 1.63. The highest BCUT2D eigenvalue weighted by atomic mass is 79.9. The molecule has 0 aliphatic carbocycles. The number of aromatic carboxylic acids is 1. The van der Waals surface area contributed by atoms with Crippen LogP contribution in [0.4, 0.5) is 0 Å². The predicted molar refractivity (Wildman–Crippen MR) is 62.3 cm³/mol. The van der Waals surface area contributed by atoms with Gasteiger partial charge in [-0.3, -0.25) is 0 Å². The molecule has 2 aromatic rings. The number of fused-ring (bicyclic) bond motifs is 1. The summed E-state index contributed by atoms with van der Waals surface area (Å²) < 4.78 is 1.19. The van der Waals surface area contributed by atoms with Crippen molar-refractivity contribution >= 4 is 32.8 Å². The van der Waals surface area contributed by atoms with E-state index in [1.165, 1.54) is 12.1 Å². The van der Waals surface area contributed by atoms with E-state index in [-0.39, 0.29) is 5.56 Å². The van der Waals surface area contributed by atoms with Crippen molar-refractivity contribution in [3.05, 3.63) is 45.2 Å². The number of pyridine rings is 1. The molecule has 0 radical (unpaired) electrons. The molecule has 1 aromatic carbocycles. The van der Waals surface area contributed by atoms with Gasteiger partial charge in [0.15, 0.2) is 5.69 Å². The van der Waals surface area contributed by atoms with Gasteiger partial charge in [0.25, 0.3) is 0 Å². The molecule has 5 heteroatoms. The minimum absolute atomic E-state index is 0.149. The summed E-state index contributed by atoms with van der Waals surface area (Å²) in [5, 5.41) is 21.3. The topological polar surface area (TPSA) is 64.2 Å². The first-order valence-electron chi connectivity index (χ1n) is 4.56. The van der Waals surface area contributed by atoms with Crippen molar-refractivity contribution in [3.8, 4) is 0 Å². The average molecular weight is 282 g/mol. The number of benzene rings is 1. The van der Waals surface area contributed by atoms with E-state index in [2.05, 4.69) is 15.9 Å². The molecule has 0 spiro atoms. The highest BCUT2D eigenvalue weighted by Crippen LogP contribution is 2.22. The fourth-order valence-electron chi connectivity index (χ4n) is 1.52. The smallest absolute Gasteiger partial charge is 0.336 e. The Bertz CT molecular complexity index is 595. The molecule has 2 rings (SSSR count). The van der Waals surface area contributed by atoms with Crippen LogP contribution < -0.4 is 4.73 Å². The van der Waals surface area contributed by atoms with Gasteiger partial charge in [0.05, 0.1) is 5.56 Å². The van der Waals surface area contributed by atoms with Crippen LogP contribution in [0.5, 0.6) is 0 Å². The van der Waals surface area contributed by atoms with E-state index in [1.807, 2.05) is 0 Å². The first-order chi connectivity index (χ1) is 7.50. The lowest BCUT2D eigenvalue weighted by Gasteiger charge is -2.06. The summed E-state index contributed by atoms with van der Waals surface area (Å²) in [6, 6.07) is 6.40. The lowest BCUT2D eigenvalue weighted by molar-refractivity contribution is -0.584. The van der Waals surface area contributed by atoms with Crippen LogP contribution in [0, 0.1) is 12.1 Å². The highest BCUT2D eigenvalue weighted by molar-refractivity contribution is 9.10. The van der Waals surface area contributed by atoms with E-state index in [0.29, 0.717) is 21.1 Å². The number of hydrogen-bond acceptors (Lipinski definition) is 2. The normalized spacial score (nSPS) is 10.6. The van der Waals surface area contributed by atoms with Crippen molar-refractivity contribution in [2.24, 2.45) is 0 Å². The molecule has 1 N–H and O–H groups in total. The van der Waals surface area contributed by atoms with E-state index in [0.717, 1.165) is 4.73 Å². The number of aromatic nitrogens is 1. The van der Waals surface area contributed by atoms with Crippen molar-refractivity contribution in [1.29, 1.82) is 0 Å². The average Bonchev–Trinajstić information content (AvgIpc) is 2.23. The zero-order valence-electron chi connectivity index (χ0n) is 8.40. The molecule has 0 saturated carbocycles. The molecule has 0 atom stereocenters. The number of hydrogen-bond donors (Lipinski definition) is 1. The van der Waals surface area contributed by atoms with Gasteiger partial charge in [-0.05, 0) is 28.1 Å². The van der Waals surface area contributed by atoms with E-state index >= 15 is 0 Å². The van der Waals surface area contributed by atoms with Gasteiger partial charge in [-0.1, -0.05) is 0 Å². The Morgan fingerprint density at radius 2 is 2.12 bits per heavy atom. The largest absolute Gasteiger partial charge is 0.618 e.